The number of nitrogens with zero attached hydrogens (tertiary/aromatic N) is 2. The number of hydrogen-bond acceptors (Lipinski definition) is 3. The SMILES string of the molecule is CN=C(N/N=C(/C)CC(C)=O)c1ccccc1. The molecular formula is C13H17N3O. The highest BCUT2D eigenvalue weighted by Crippen LogP contribution is 1.99. The molecule has 90 valence electrons. The Labute approximate surface area is 101 Å². The van der Waals surface area contributed by atoms with Crippen molar-refractivity contribution in [2.75, 3.05) is 7.05 Å². The molecule has 0 heterocycles. The molecule has 0 amide bonds. The van der Waals surface area contributed by atoms with Crippen molar-refractivity contribution < 1.29 is 4.79 Å². The van der Waals surface area contributed by atoms with E-state index < -0.39 is 0 Å². The first-order valence-electron chi connectivity index (χ1n) is 5.44. The van der Waals surface area contributed by atoms with Crippen molar-refractivity contribution >= 4 is 17.3 Å². The van der Waals surface area contributed by atoms with Gasteiger partial charge in [0.25, 0.3) is 0 Å². The fraction of sp³-hybridized carbons (Fsp3) is 0.308. The zero-order chi connectivity index (χ0) is 12.7. The molecule has 0 unspecified atom stereocenters. The number of amidine groups is 1. The molecule has 4 nitrogen and oxygen atoms in total. The van der Waals surface area contributed by atoms with E-state index in [4.69, 9.17) is 0 Å². The molecule has 0 radical (unpaired) electrons. The number of benzene rings is 1. The molecule has 0 spiro atoms. The van der Waals surface area contributed by atoms with Crippen LogP contribution in [0.15, 0.2) is 40.4 Å². The highest BCUT2D eigenvalue weighted by molar-refractivity contribution is 6.02. The first kappa shape index (κ1) is 13.1. The van der Waals surface area contributed by atoms with E-state index in [1.807, 2.05) is 37.3 Å². The van der Waals surface area contributed by atoms with Gasteiger partial charge in [0.05, 0.1) is 0 Å². The van der Waals surface area contributed by atoms with Crippen LogP contribution < -0.4 is 5.43 Å². The minimum absolute atomic E-state index is 0.0998. The maximum absolute atomic E-state index is 10.9. The maximum atomic E-state index is 10.9. The van der Waals surface area contributed by atoms with Crippen LogP contribution in [0.1, 0.15) is 25.8 Å². The number of rotatable bonds is 4. The predicted molar refractivity (Wildman–Crippen MR) is 70.4 cm³/mol. The van der Waals surface area contributed by atoms with Crippen LogP contribution in [0.3, 0.4) is 0 Å². The quantitative estimate of drug-likeness (QED) is 0.489. The van der Waals surface area contributed by atoms with Gasteiger partial charge in [-0.15, -0.1) is 0 Å². The van der Waals surface area contributed by atoms with Crippen LogP contribution in [-0.4, -0.2) is 24.4 Å². The van der Waals surface area contributed by atoms with Gasteiger partial charge in [-0.25, -0.2) is 0 Å². The lowest BCUT2D eigenvalue weighted by atomic mass is 10.2. The second kappa shape index (κ2) is 6.58. The average molecular weight is 231 g/mol. The normalized spacial score (nSPS) is 12.4. The van der Waals surface area contributed by atoms with Crippen LogP contribution >= 0.6 is 0 Å². The van der Waals surface area contributed by atoms with Crippen molar-refractivity contribution in [1.29, 1.82) is 0 Å². The van der Waals surface area contributed by atoms with Crippen molar-refractivity contribution in [2.24, 2.45) is 10.1 Å². The van der Waals surface area contributed by atoms with E-state index in [-0.39, 0.29) is 5.78 Å². The lowest BCUT2D eigenvalue weighted by molar-refractivity contribution is -0.115. The molecule has 1 aromatic carbocycles. The highest BCUT2D eigenvalue weighted by atomic mass is 16.1. The smallest absolute Gasteiger partial charge is 0.148 e. The molecule has 1 rings (SSSR count). The van der Waals surface area contributed by atoms with Gasteiger partial charge in [0, 0.05) is 24.7 Å². The molecule has 4 heteroatoms. The number of carbonyl (C=O) groups is 1. The minimum atomic E-state index is 0.0998. The summed E-state index contributed by atoms with van der Waals surface area (Å²) in [5.41, 5.74) is 4.59. The van der Waals surface area contributed by atoms with Gasteiger partial charge in [0.15, 0.2) is 0 Å². The molecule has 0 bridgehead atoms. The van der Waals surface area contributed by atoms with Crippen molar-refractivity contribution in [3.63, 3.8) is 0 Å². The van der Waals surface area contributed by atoms with Gasteiger partial charge in [-0.1, -0.05) is 30.3 Å². The number of nitrogens with one attached hydrogen (secondary N) is 1. The molecule has 0 aliphatic carbocycles. The predicted octanol–water partition coefficient (Wildman–Crippen LogP) is 2.01. The van der Waals surface area contributed by atoms with Crippen LogP contribution in [-0.2, 0) is 4.79 Å². The van der Waals surface area contributed by atoms with Crippen LogP contribution in [0.5, 0.6) is 0 Å². The second-order valence-corrected chi connectivity index (χ2v) is 3.78. The van der Waals surface area contributed by atoms with Crippen molar-refractivity contribution in [1.82, 2.24) is 5.43 Å². The zero-order valence-corrected chi connectivity index (χ0v) is 10.4. The summed E-state index contributed by atoms with van der Waals surface area (Å²) in [5, 5.41) is 4.13. The van der Waals surface area contributed by atoms with E-state index in [9.17, 15) is 4.79 Å². The molecule has 0 aliphatic rings. The van der Waals surface area contributed by atoms with E-state index in [0.717, 1.165) is 11.3 Å². The summed E-state index contributed by atoms with van der Waals surface area (Å²) >= 11 is 0. The van der Waals surface area contributed by atoms with E-state index in [0.29, 0.717) is 12.3 Å². The number of ketones is 1. The van der Waals surface area contributed by atoms with Gasteiger partial charge in [-0.3, -0.25) is 15.2 Å². The summed E-state index contributed by atoms with van der Waals surface area (Å²) in [6.07, 6.45) is 0.360. The topological polar surface area (TPSA) is 53.8 Å². The Kier molecular flexibility index (Phi) is 5.07. The maximum Gasteiger partial charge on any atom is 0.148 e. The average Bonchev–Trinajstić information content (AvgIpc) is 2.30. The lowest BCUT2D eigenvalue weighted by Crippen LogP contribution is -2.20. The zero-order valence-electron chi connectivity index (χ0n) is 10.4. The lowest BCUT2D eigenvalue weighted by Gasteiger charge is -2.05. The van der Waals surface area contributed by atoms with Gasteiger partial charge in [-0.2, -0.15) is 5.10 Å². The number of Topliss-reactive ketones (excluding diaryl/α,β-unsaturated/α-hetero) is 1. The van der Waals surface area contributed by atoms with Gasteiger partial charge in [0.2, 0.25) is 0 Å². The number of carbonyl (C=O) groups excluding carboxylic acids is 1. The molecule has 0 aliphatic heterocycles. The summed E-state index contributed by atoms with van der Waals surface area (Å²) < 4.78 is 0. The Morgan fingerprint density at radius 3 is 2.41 bits per heavy atom. The Hall–Kier alpha value is -1.97. The Bertz CT molecular complexity index is 435. The molecular weight excluding hydrogens is 214 g/mol. The van der Waals surface area contributed by atoms with Crippen LogP contribution in [0, 0.1) is 0 Å². The number of hydrazone groups is 1. The van der Waals surface area contributed by atoms with Gasteiger partial charge < -0.3 is 0 Å². The molecule has 0 saturated heterocycles. The summed E-state index contributed by atoms with van der Waals surface area (Å²) in [4.78, 5) is 15.0. The van der Waals surface area contributed by atoms with Crippen LogP contribution in [0.2, 0.25) is 0 Å². The third-order valence-electron chi connectivity index (χ3n) is 2.13. The third kappa shape index (κ3) is 4.59. The Morgan fingerprint density at radius 1 is 1.24 bits per heavy atom. The first-order valence-corrected chi connectivity index (χ1v) is 5.44. The van der Waals surface area contributed by atoms with Gasteiger partial charge in [-0.05, 0) is 13.8 Å². The van der Waals surface area contributed by atoms with E-state index in [1.54, 1.807) is 14.0 Å². The first-order chi connectivity index (χ1) is 8.13. The summed E-state index contributed by atoms with van der Waals surface area (Å²) in [6.45, 7) is 3.36. The van der Waals surface area contributed by atoms with E-state index >= 15 is 0 Å². The minimum Gasteiger partial charge on any atom is -0.300 e. The van der Waals surface area contributed by atoms with Crippen molar-refractivity contribution in [3.8, 4) is 0 Å². The largest absolute Gasteiger partial charge is 0.300 e. The standard InChI is InChI=1S/C13H17N3O/c1-10(9-11(2)17)15-16-13(14-3)12-7-5-4-6-8-12/h4-8H,9H2,1-3H3,(H,14,16)/b15-10-. The van der Waals surface area contributed by atoms with Crippen molar-refractivity contribution in [2.45, 2.75) is 20.3 Å². The van der Waals surface area contributed by atoms with Crippen molar-refractivity contribution in [3.05, 3.63) is 35.9 Å². The highest BCUT2D eigenvalue weighted by Gasteiger charge is 2.01. The van der Waals surface area contributed by atoms with E-state index in [1.165, 1.54) is 0 Å². The number of hydrogen-bond donors (Lipinski definition) is 1. The summed E-state index contributed by atoms with van der Waals surface area (Å²) in [5.74, 6) is 0.788. The third-order valence-corrected chi connectivity index (χ3v) is 2.13. The number of aliphatic imine (C=N–C) groups is 1. The van der Waals surface area contributed by atoms with Crippen LogP contribution in [0.25, 0.3) is 0 Å². The van der Waals surface area contributed by atoms with Gasteiger partial charge >= 0.3 is 0 Å². The van der Waals surface area contributed by atoms with Crippen LogP contribution in [0.4, 0.5) is 0 Å². The molecule has 0 atom stereocenters. The Balaban J connectivity index is 2.70. The monoisotopic (exact) mass is 231 g/mol. The molecule has 1 N–H and O–H groups in total. The molecule has 0 fully saturated rings. The molecule has 17 heavy (non-hydrogen) atoms. The fourth-order valence-corrected chi connectivity index (χ4v) is 1.39. The fourth-order valence-electron chi connectivity index (χ4n) is 1.39. The van der Waals surface area contributed by atoms with Gasteiger partial charge in [0.1, 0.15) is 11.6 Å². The second-order valence-electron chi connectivity index (χ2n) is 3.78. The summed E-state index contributed by atoms with van der Waals surface area (Å²) in [6, 6.07) is 9.72. The Morgan fingerprint density at radius 2 is 1.88 bits per heavy atom. The molecule has 0 saturated carbocycles. The molecule has 1 aromatic rings. The summed E-state index contributed by atoms with van der Waals surface area (Å²) in [7, 11) is 1.70. The molecule has 0 aromatic heterocycles. The van der Waals surface area contributed by atoms with E-state index in [2.05, 4.69) is 15.5 Å².